The van der Waals surface area contributed by atoms with Gasteiger partial charge in [-0.3, -0.25) is 0 Å². The molecule has 0 unspecified atom stereocenters. The third-order valence-electron chi connectivity index (χ3n) is 2.48. The maximum absolute atomic E-state index is 11.9. The maximum Gasteiger partial charge on any atom is 0.389 e. The number of alkyl halides is 4. The highest BCUT2D eigenvalue weighted by atomic mass is 79.9. The number of hydrogen-bond acceptors (Lipinski definition) is 2. The molecule has 0 amide bonds. The Morgan fingerprint density at radius 2 is 1.88 bits per heavy atom. The molecular weight excluding hydrogens is 323 g/mol. The van der Waals surface area contributed by atoms with E-state index in [1.165, 1.54) is 4.31 Å². The summed E-state index contributed by atoms with van der Waals surface area (Å²) in [7, 11) is -3.54. The lowest BCUT2D eigenvalue weighted by atomic mass is 10.3. The molecule has 0 aliphatic heterocycles. The summed E-state index contributed by atoms with van der Waals surface area (Å²) in [6.45, 7) is 0.332. The van der Waals surface area contributed by atoms with Crippen LogP contribution in [0.5, 0.6) is 0 Å². The molecule has 3 nitrogen and oxygen atoms in total. The smallest absolute Gasteiger partial charge is 0.212 e. The summed E-state index contributed by atoms with van der Waals surface area (Å²) in [6.07, 6.45) is -4.07. The van der Waals surface area contributed by atoms with Crippen LogP contribution in [0, 0.1) is 0 Å². The summed E-state index contributed by atoms with van der Waals surface area (Å²) in [6, 6.07) is 0.00318. The Kier molecular flexibility index (Phi) is 5.27. The lowest BCUT2D eigenvalue weighted by molar-refractivity contribution is -0.134. The quantitative estimate of drug-likeness (QED) is 0.669. The molecule has 1 saturated carbocycles. The molecule has 1 aliphatic carbocycles. The number of sulfonamides is 1. The van der Waals surface area contributed by atoms with E-state index in [4.69, 9.17) is 0 Å². The first-order valence-corrected chi connectivity index (χ1v) is 8.11. The summed E-state index contributed by atoms with van der Waals surface area (Å²) < 4.78 is 60.8. The maximum atomic E-state index is 11.9. The first-order valence-electron chi connectivity index (χ1n) is 5.38. The Morgan fingerprint density at radius 3 is 2.29 bits per heavy atom. The Labute approximate surface area is 108 Å². The highest BCUT2D eigenvalue weighted by Crippen LogP contribution is 2.30. The SMILES string of the molecule is O=S(=O)(CCCC(F)(F)F)N(CCBr)C1CC1. The molecule has 1 fully saturated rings. The van der Waals surface area contributed by atoms with Crippen LogP contribution in [0.25, 0.3) is 0 Å². The van der Waals surface area contributed by atoms with E-state index in [2.05, 4.69) is 15.9 Å². The zero-order valence-electron chi connectivity index (χ0n) is 9.21. The average Bonchev–Trinajstić information content (AvgIpc) is 2.94. The van der Waals surface area contributed by atoms with Crippen molar-refractivity contribution in [3.05, 3.63) is 0 Å². The molecule has 102 valence electrons. The van der Waals surface area contributed by atoms with Gasteiger partial charge in [-0.2, -0.15) is 17.5 Å². The summed E-state index contributed by atoms with van der Waals surface area (Å²) in [5, 5.41) is 0.502. The van der Waals surface area contributed by atoms with E-state index in [1.807, 2.05) is 0 Å². The molecule has 0 aromatic rings. The largest absolute Gasteiger partial charge is 0.389 e. The van der Waals surface area contributed by atoms with E-state index in [0.717, 1.165) is 12.8 Å². The molecule has 0 N–H and O–H groups in total. The average molecular weight is 338 g/mol. The van der Waals surface area contributed by atoms with E-state index in [-0.39, 0.29) is 12.5 Å². The van der Waals surface area contributed by atoms with Crippen LogP contribution in [0.2, 0.25) is 0 Å². The zero-order chi connectivity index (χ0) is 13.1. The van der Waals surface area contributed by atoms with Crippen LogP contribution in [0.3, 0.4) is 0 Å². The van der Waals surface area contributed by atoms with Gasteiger partial charge in [-0.25, -0.2) is 8.42 Å². The van der Waals surface area contributed by atoms with Crippen molar-refractivity contribution in [3.63, 3.8) is 0 Å². The van der Waals surface area contributed by atoms with Crippen molar-refractivity contribution in [2.45, 2.75) is 37.9 Å². The van der Waals surface area contributed by atoms with Crippen molar-refractivity contribution >= 4 is 26.0 Å². The van der Waals surface area contributed by atoms with Crippen molar-refractivity contribution in [1.29, 1.82) is 0 Å². The summed E-state index contributed by atoms with van der Waals surface area (Å²) >= 11 is 3.15. The Hall–Kier alpha value is 0.180. The van der Waals surface area contributed by atoms with E-state index >= 15 is 0 Å². The minimum Gasteiger partial charge on any atom is -0.212 e. The minimum atomic E-state index is -4.28. The second-order valence-electron chi connectivity index (χ2n) is 4.07. The van der Waals surface area contributed by atoms with Crippen LogP contribution < -0.4 is 0 Å². The predicted octanol–water partition coefficient (Wildman–Crippen LogP) is 2.52. The molecule has 0 aromatic heterocycles. The van der Waals surface area contributed by atoms with Gasteiger partial charge in [0.05, 0.1) is 5.75 Å². The molecule has 0 aromatic carbocycles. The molecule has 8 heteroatoms. The molecule has 0 saturated heterocycles. The predicted molar refractivity (Wildman–Crippen MR) is 62.6 cm³/mol. The van der Waals surface area contributed by atoms with Crippen molar-refractivity contribution in [2.24, 2.45) is 0 Å². The number of rotatable bonds is 7. The fourth-order valence-corrected chi connectivity index (χ4v) is 3.96. The topological polar surface area (TPSA) is 37.4 Å². The Balaban J connectivity index is 2.48. The number of halogens is 4. The molecule has 1 aliphatic rings. The second kappa shape index (κ2) is 5.88. The highest BCUT2D eigenvalue weighted by Gasteiger charge is 2.37. The molecule has 0 radical (unpaired) electrons. The van der Waals surface area contributed by atoms with Gasteiger partial charge in [0.15, 0.2) is 0 Å². The Morgan fingerprint density at radius 1 is 1.29 bits per heavy atom. The first-order chi connectivity index (χ1) is 7.76. The van der Waals surface area contributed by atoms with E-state index in [0.29, 0.717) is 11.9 Å². The summed E-state index contributed by atoms with van der Waals surface area (Å²) in [5.74, 6) is -0.421. The molecule has 0 bridgehead atoms. The molecule has 0 heterocycles. The number of hydrogen-bond donors (Lipinski definition) is 0. The zero-order valence-corrected chi connectivity index (χ0v) is 11.6. The van der Waals surface area contributed by atoms with Crippen molar-refractivity contribution in [2.75, 3.05) is 17.6 Å². The fourth-order valence-electron chi connectivity index (χ4n) is 1.57. The standard InChI is InChI=1S/C9H15BrF3NO2S/c10-5-6-14(8-2-3-8)17(15,16)7-1-4-9(11,12)13/h8H,1-7H2. The van der Waals surface area contributed by atoms with E-state index in [9.17, 15) is 21.6 Å². The first kappa shape index (κ1) is 15.2. The van der Waals surface area contributed by atoms with Crippen LogP contribution in [-0.4, -0.2) is 42.6 Å². The van der Waals surface area contributed by atoms with Gasteiger partial charge in [-0.15, -0.1) is 0 Å². The van der Waals surface area contributed by atoms with Crippen LogP contribution in [0.4, 0.5) is 13.2 Å². The van der Waals surface area contributed by atoms with E-state index < -0.39 is 28.4 Å². The normalized spacial score (nSPS) is 17.7. The van der Waals surface area contributed by atoms with Gasteiger partial charge >= 0.3 is 6.18 Å². The van der Waals surface area contributed by atoms with Crippen LogP contribution in [0.15, 0.2) is 0 Å². The van der Waals surface area contributed by atoms with Crippen LogP contribution >= 0.6 is 15.9 Å². The van der Waals surface area contributed by atoms with Crippen molar-refractivity contribution in [1.82, 2.24) is 4.31 Å². The Bertz CT molecular complexity index is 341. The third-order valence-corrected chi connectivity index (χ3v) is 4.83. The van der Waals surface area contributed by atoms with Gasteiger partial charge in [0, 0.05) is 24.3 Å². The van der Waals surface area contributed by atoms with Gasteiger partial charge in [-0.1, -0.05) is 15.9 Å². The second-order valence-corrected chi connectivity index (χ2v) is 6.90. The van der Waals surface area contributed by atoms with Crippen LogP contribution in [-0.2, 0) is 10.0 Å². The van der Waals surface area contributed by atoms with Gasteiger partial charge < -0.3 is 0 Å². The summed E-state index contributed by atoms with van der Waals surface area (Å²) in [5.41, 5.74) is 0. The van der Waals surface area contributed by atoms with Gasteiger partial charge in [-0.05, 0) is 19.3 Å². The monoisotopic (exact) mass is 337 g/mol. The van der Waals surface area contributed by atoms with Crippen LogP contribution in [0.1, 0.15) is 25.7 Å². The molecule has 0 atom stereocenters. The van der Waals surface area contributed by atoms with Crippen molar-refractivity contribution in [3.8, 4) is 0 Å². The molecular formula is C9H15BrF3NO2S. The van der Waals surface area contributed by atoms with Gasteiger partial charge in [0.1, 0.15) is 0 Å². The van der Waals surface area contributed by atoms with Crippen molar-refractivity contribution < 1.29 is 21.6 Å². The van der Waals surface area contributed by atoms with Gasteiger partial charge in [0.25, 0.3) is 0 Å². The highest BCUT2D eigenvalue weighted by molar-refractivity contribution is 9.09. The lowest BCUT2D eigenvalue weighted by Crippen LogP contribution is -2.36. The van der Waals surface area contributed by atoms with Gasteiger partial charge in [0.2, 0.25) is 10.0 Å². The molecule has 0 spiro atoms. The molecule has 1 rings (SSSR count). The minimum absolute atomic E-state index is 0.00318. The third kappa shape index (κ3) is 5.56. The fraction of sp³-hybridized carbons (Fsp3) is 1.00. The summed E-state index contributed by atoms with van der Waals surface area (Å²) in [4.78, 5) is 0. The van der Waals surface area contributed by atoms with E-state index in [1.54, 1.807) is 0 Å². The number of nitrogens with zero attached hydrogens (tertiary/aromatic N) is 1. The molecule has 17 heavy (non-hydrogen) atoms. The lowest BCUT2D eigenvalue weighted by Gasteiger charge is -2.20.